The SMILES string of the molecule is CCCN(c1cc(F)cc(/C=C/C(=O)O)c1)C(C)C. The second-order valence-corrected chi connectivity index (χ2v) is 4.70. The van der Waals surface area contributed by atoms with E-state index >= 15 is 0 Å². The van der Waals surface area contributed by atoms with Crippen LogP contribution in [0.15, 0.2) is 24.3 Å². The fourth-order valence-electron chi connectivity index (χ4n) is 1.95. The number of hydrogen-bond acceptors (Lipinski definition) is 2. The maximum atomic E-state index is 13.6. The van der Waals surface area contributed by atoms with E-state index in [0.29, 0.717) is 5.56 Å². The molecule has 0 radical (unpaired) electrons. The Hall–Kier alpha value is -1.84. The van der Waals surface area contributed by atoms with Crippen LogP contribution in [0, 0.1) is 5.82 Å². The zero-order valence-corrected chi connectivity index (χ0v) is 11.6. The van der Waals surface area contributed by atoms with Crippen molar-refractivity contribution in [2.45, 2.75) is 33.2 Å². The summed E-state index contributed by atoms with van der Waals surface area (Å²) in [4.78, 5) is 12.6. The van der Waals surface area contributed by atoms with Crippen molar-refractivity contribution in [3.05, 3.63) is 35.7 Å². The first kappa shape index (κ1) is 15.2. The van der Waals surface area contributed by atoms with Crippen LogP contribution in [0.3, 0.4) is 0 Å². The molecule has 0 heterocycles. The van der Waals surface area contributed by atoms with Gasteiger partial charge in [-0.3, -0.25) is 0 Å². The Balaban J connectivity index is 3.10. The van der Waals surface area contributed by atoms with E-state index in [1.807, 2.05) is 13.8 Å². The minimum atomic E-state index is -1.04. The maximum Gasteiger partial charge on any atom is 0.328 e. The Labute approximate surface area is 113 Å². The Morgan fingerprint density at radius 1 is 1.42 bits per heavy atom. The van der Waals surface area contributed by atoms with E-state index in [9.17, 15) is 9.18 Å². The van der Waals surface area contributed by atoms with Crippen molar-refractivity contribution in [1.29, 1.82) is 0 Å². The highest BCUT2D eigenvalue weighted by Gasteiger charge is 2.11. The van der Waals surface area contributed by atoms with Crippen LogP contribution in [0.25, 0.3) is 6.08 Å². The van der Waals surface area contributed by atoms with Gasteiger partial charge in [-0.15, -0.1) is 0 Å². The molecule has 0 aromatic heterocycles. The molecule has 0 unspecified atom stereocenters. The Kier molecular flexibility index (Phi) is 5.55. The van der Waals surface area contributed by atoms with Crippen LogP contribution >= 0.6 is 0 Å². The highest BCUT2D eigenvalue weighted by atomic mass is 19.1. The fraction of sp³-hybridized carbons (Fsp3) is 0.400. The minimum absolute atomic E-state index is 0.262. The van der Waals surface area contributed by atoms with E-state index in [4.69, 9.17) is 5.11 Å². The first-order chi connectivity index (χ1) is 8.93. The average Bonchev–Trinajstić information content (AvgIpc) is 2.32. The van der Waals surface area contributed by atoms with Crippen molar-refractivity contribution in [3.63, 3.8) is 0 Å². The first-order valence-corrected chi connectivity index (χ1v) is 6.42. The molecule has 0 atom stereocenters. The molecule has 0 amide bonds. The second kappa shape index (κ2) is 6.92. The van der Waals surface area contributed by atoms with Gasteiger partial charge < -0.3 is 10.0 Å². The molecule has 0 bridgehead atoms. The third-order valence-electron chi connectivity index (χ3n) is 2.74. The van der Waals surface area contributed by atoms with Crippen LogP contribution in [-0.2, 0) is 4.79 Å². The van der Waals surface area contributed by atoms with Crippen molar-refractivity contribution in [3.8, 4) is 0 Å². The van der Waals surface area contributed by atoms with Crippen LogP contribution in [0.2, 0.25) is 0 Å². The molecular weight excluding hydrogens is 245 g/mol. The zero-order chi connectivity index (χ0) is 14.4. The summed E-state index contributed by atoms with van der Waals surface area (Å²) in [5.74, 6) is -1.40. The first-order valence-electron chi connectivity index (χ1n) is 6.42. The molecule has 104 valence electrons. The van der Waals surface area contributed by atoms with Crippen LogP contribution in [-0.4, -0.2) is 23.7 Å². The molecule has 0 spiro atoms. The van der Waals surface area contributed by atoms with Crippen LogP contribution in [0.1, 0.15) is 32.8 Å². The van der Waals surface area contributed by atoms with Crippen molar-refractivity contribution in [1.82, 2.24) is 0 Å². The molecule has 1 aromatic rings. The molecular formula is C15H20FNO2. The van der Waals surface area contributed by atoms with E-state index in [0.717, 1.165) is 24.7 Å². The number of carboxylic acids is 1. The molecule has 1 N–H and O–H groups in total. The van der Waals surface area contributed by atoms with Gasteiger partial charge >= 0.3 is 5.97 Å². The van der Waals surface area contributed by atoms with Gasteiger partial charge in [-0.1, -0.05) is 6.92 Å². The molecule has 1 rings (SSSR count). The normalized spacial score (nSPS) is 11.2. The smallest absolute Gasteiger partial charge is 0.328 e. The van der Waals surface area contributed by atoms with Gasteiger partial charge in [0.25, 0.3) is 0 Å². The molecule has 3 nitrogen and oxygen atoms in total. The topological polar surface area (TPSA) is 40.5 Å². The molecule has 19 heavy (non-hydrogen) atoms. The lowest BCUT2D eigenvalue weighted by molar-refractivity contribution is -0.131. The third kappa shape index (κ3) is 4.73. The number of aliphatic carboxylic acids is 1. The fourth-order valence-corrected chi connectivity index (χ4v) is 1.95. The van der Waals surface area contributed by atoms with Crippen molar-refractivity contribution >= 4 is 17.7 Å². The van der Waals surface area contributed by atoms with Gasteiger partial charge in [0, 0.05) is 24.4 Å². The number of carbonyl (C=O) groups is 1. The summed E-state index contributed by atoms with van der Waals surface area (Å²) >= 11 is 0. The summed E-state index contributed by atoms with van der Waals surface area (Å²) < 4.78 is 13.6. The van der Waals surface area contributed by atoms with E-state index < -0.39 is 5.97 Å². The highest BCUT2D eigenvalue weighted by molar-refractivity contribution is 5.85. The number of carboxylic acid groups (broad SMARTS) is 1. The van der Waals surface area contributed by atoms with Gasteiger partial charge in [0.15, 0.2) is 0 Å². The second-order valence-electron chi connectivity index (χ2n) is 4.70. The standard InChI is InChI=1S/C15H20FNO2/c1-4-7-17(11(2)3)14-9-12(5-6-15(18)19)8-13(16)10-14/h5-6,8-11H,4,7H2,1-3H3,(H,18,19)/b6-5+. The van der Waals surface area contributed by atoms with Crippen molar-refractivity contribution in [2.24, 2.45) is 0 Å². The monoisotopic (exact) mass is 265 g/mol. The predicted molar refractivity (Wildman–Crippen MR) is 75.8 cm³/mol. The largest absolute Gasteiger partial charge is 0.478 e. The van der Waals surface area contributed by atoms with Crippen LogP contribution in [0.5, 0.6) is 0 Å². The van der Waals surface area contributed by atoms with Gasteiger partial charge in [0.1, 0.15) is 5.82 Å². The van der Waals surface area contributed by atoms with Gasteiger partial charge in [-0.2, -0.15) is 0 Å². The molecule has 0 aliphatic heterocycles. The van der Waals surface area contributed by atoms with E-state index in [-0.39, 0.29) is 11.9 Å². The summed E-state index contributed by atoms with van der Waals surface area (Å²) in [7, 11) is 0. The number of hydrogen-bond donors (Lipinski definition) is 1. The van der Waals surface area contributed by atoms with Crippen LogP contribution < -0.4 is 4.90 Å². The predicted octanol–water partition coefficient (Wildman–Crippen LogP) is 3.55. The van der Waals surface area contributed by atoms with E-state index in [1.54, 1.807) is 6.07 Å². The van der Waals surface area contributed by atoms with Crippen molar-refractivity contribution in [2.75, 3.05) is 11.4 Å². The third-order valence-corrected chi connectivity index (χ3v) is 2.74. The van der Waals surface area contributed by atoms with E-state index in [1.165, 1.54) is 18.2 Å². The van der Waals surface area contributed by atoms with Gasteiger partial charge in [-0.25, -0.2) is 9.18 Å². The Morgan fingerprint density at radius 3 is 2.63 bits per heavy atom. The maximum absolute atomic E-state index is 13.6. The molecule has 0 saturated heterocycles. The number of nitrogens with zero attached hydrogens (tertiary/aromatic N) is 1. The quantitative estimate of drug-likeness (QED) is 0.800. The van der Waals surface area contributed by atoms with Crippen LogP contribution in [0.4, 0.5) is 10.1 Å². The Bertz CT molecular complexity index is 469. The van der Waals surface area contributed by atoms with E-state index in [2.05, 4.69) is 11.8 Å². The van der Waals surface area contributed by atoms with Crippen molar-refractivity contribution < 1.29 is 14.3 Å². The molecule has 4 heteroatoms. The lowest BCUT2D eigenvalue weighted by Gasteiger charge is -2.29. The summed E-state index contributed by atoms with van der Waals surface area (Å²) in [5, 5.41) is 8.60. The number of rotatable bonds is 6. The van der Waals surface area contributed by atoms with Gasteiger partial charge in [0.05, 0.1) is 0 Å². The minimum Gasteiger partial charge on any atom is -0.478 e. The summed E-state index contributed by atoms with van der Waals surface area (Å²) in [6, 6.07) is 4.87. The van der Waals surface area contributed by atoms with Gasteiger partial charge in [-0.05, 0) is 50.1 Å². The number of benzene rings is 1. The lowest BCUT2D eigenvalue weighted by atomic mass is 10.1. The van der Waals surface area contributed by atoms with Gasteiger partial charge in [0.2, 0.25) is 0 Å². The molecule has 0 fully saturated rings. The highest BCUT2D eigenvalue weighted by Crippen LogP contribution is 2.22. The number of anilines is 1. The molecule has 1 aromatic carbocycles. The average molecular weight is 265 g/mol. The molecule has 0 saturated carbocycles. The number of halogens is 1. The Morgan fingerprint density at radius 2 is 2.11 bits per heavy atom. The molecule has 0 aliphatic rings. The lowest BCUT2D eigenvalue weighted by Crippen LogP contribution is -2.31. The summed E-state index contributed by atoms with van der Waals surface area (Å²) in [6.07, 6.45) is 3.38. The molecule has 0 aliphatic carbocycles. The summed E-state index contributed by atoms with van der Waals surface area (Å²) in [6.45, 7) is 7.00. The zero-order valence-electron chi connectivity index (χ0n) is 11.6. The summed E-state index contributed by atoms with van der Waals surface area (Å²) in [5.41, 5.74) is 1.33.